The summed E-state index contributed by atoms with van der Waals surface area (Å²) in [5, 5.41) is 3.62. The number of nitrogens with one attached hydrogen (secondary N) is 1. The zero-order chi connectivity index (χ0) is 12.5. The van der Waals surface area contributed by atoms with E-state index in [1.54, 1.807) is 0 Å². The lowest BCUT2D eigenvalue weighted by atomic mass is 10.0. The second-order valence-electron chi connectivity index (χ2n) is 7.09. The van der Waals surface area contributed by atoms with Crippen molar-refractivity contribution in [1.82, 2.24) is 5.32 Å². The summed E-state index contributed by atoms with van der Waals surface area (Å²) < 4.78 is 23.6. The molecule has 4 aliphatic rings. The summed E-state index contributed by atoms with van der Waals surface area (Å²) in [6.07, 6.45) is 8.75. The summed E-state index contributed by atoms with van der Waals surface area (Å²) in [7, 11) is -2.87. The van der Waals surface area contributed by atoms with Crippen LogP contribution in [0.1, 0.15) is 38.5 Å². The lowest BCUT2D eigenvalue weighted by Gasteiger charge is -2.21. The van der Waals surface area contributed by atoms with E-state index in [0.29, 0.717) is 6.04 Å². The molecule has 18 heavy (non-hydrogen) atoms. The predicted molar refractivity (Wildman–Crippen MR) is 71.0 cm³/mol. The van der Waals surface area contributed by atoms with Gasteiger partial charge >= 0.3 is 0 Å². The van der Waals surface area contributed by atoms with Gasteiger partial charge in [0.15, 0.2) is 9.84 Å². The van der Waals surface area contributed by atoms with E-state index in [2.05, 4.69) is 5.32 Å². The Labute approximate surface area is 110 Å². The fourth-order valence-electron chi connectivity index (χ4n) is 5.42. The van der Waals surface area contributed by atoms with E-state index in [9.17, 15) is 8.42 Å². The van der Waals surface area contributed by atoms with Gasteiger partial charge in [-0.05, 0) is 55.8 Å². The highest BCUT2D eigenvalue weighted by atomic mass is 32.2. The molecule has 0 heterocycles. The van der Waals surface area contributed by atoms with E-state index in [1.165, 1.54) is 25.5 Å². The fourth-order valence-corrected chi connectivity index (χ4v) is 6.83. The molecular weight excluding hydrogens is 246 g/mol. The summed E-state index contributed by atoms with van der Waals surface area (Å²) >= 11 is 0. The Morgan fingerprint density at radius 2 is 1.67 bits per heavy atom. The number of hydrogen-bond acceptors (Lipinski definition) is 3. The molecule has 4 aliphatic carbocycles. The van der Waals surface area contributed by atoms with Crippen LogP contribution in [0.2, 0.25) is 0 Å². The third kappa shape index (κ3) is 1.61. The van der Waals surface area contributed by atoms with Crippen molar-refractivity contribution in [2.24, 2.45) is 23.7 Å². The van der Waals surface area contributed by atoms with Crippen LogP contribution in [0.3, 0.4) is 0 Å². The molecule has 6 atom stereocenters. The summed E-state index contributed by atoms with van der Waals surface area (Å²) in [5.74, 6) is 3.75. The Morgan fingerprint density at radius 1 is 1.00 bits per heavy atom. The van der Waals surface area contributed by atoms with E-state index < -0.39 is 9.84 Å². The molecule has 4 heteroatoms. The molecule has 4 saturated carbocycles. The molecule has 102 valence electrons. The van der Waals surface area contributed by atoms with Gasteiger partial charge in [0.05, 0.1) is 5.25 Å². The highest BCUT2D eigenvalue weighted by Crippen LogP contribution is 2.65. The number of rotatable bonds is 3. The second-order valence-corrected chi connectivity index (χ2v) is 9.35. The molecule has 0 aliphatic heterocycles. The van der Waals surface area contributed by atoms with Gasteiger partial charge in [0, 0.05) is 18.3 Å². The molecule has 0 aromatic rings. The normalized spacial score (nSPS) is 53.7. The Hall–Kier alpha value is -0.0900. The SMILES string of the molecule is CS(=O)(=O)C1CCCC1NC1C2C3CCC(C3)C12. The van der Waals surface area contributed by atoms with Crippen LogP contribution in [0.4, 0.5) is 0 Å². The first-order valence-corrected chi connectivity index (χ1v) is 9.46. The smallest absolute Gasteiger partial charge is 0.151 e. The minimum atomic E-state index is -2.87. The molecule has 4 fully saturated rings. The maximum absolute atomic E-state index is 11.8. The lowest BCUT2D eigenvalue weighted by molar-refractivity contribution is 0.417. The zero-order valence-electron chi connectivity index (χ0n) is 11.0. The summed E-state index contributed by atoms with van der Waals surface area (Å²) in [5.41, 5.74) is 0. The molecule has 0 aromatic heterocycles. The second kappa shape index (κ2) is 3.72. The predicted octanol–water partition coefficient (Wildman–Crippen LogP) is 1.59. The average Bonchev–Trinajstić information content (AvgIpc) is 2.75. The van der Waals surface area contributed by atoms with Gasteiger partial charge in [-0.15, -0.1) is 0 Å². The Balaban J connectivity index is 1.44. The number of hydrogen-bond donors (Lipinski definition) is 1. The highest BCUT2D eigenvalue weighted by Gasteiger charge is 2.65. The largest absolute Gasteiger partial charge is 0.309 e. The fraction of sp³-hybridized carbons (Fsp3) is 1.00. The molecule has 0 spiro atoms. The van der Waals surface area contributed by atoms with Crippen LogP contribution in [0.25, 0.3) is 0 Å². The minimum absolute atomic E-state index is 0.114. The van der Waals surface area contributed by atoms with E-state index >= 15 is 0 Å². The van der Waals surface area contributed by atoms with E-state index in [0.717, 1.165) is 42.9 Å². The topological polar surface area (TPSA) is 46.2 Å². The van der Waals surface area contributed by atoms with Gasteiger partial charge in [-0.3, -0.25) is 0 Å². The third-order valence-electron chi connectivity index (χ3n) is 6.14. The quantitative estimate of drug-likeness (QED) is 0.846. The van der Waals surface area contributed by atoms with Crippen LogP contribution in [0, 0.1) is 23.7 Å². The molecule has 0 saturated heterocycles. The maximum Gasteiger partial charge on any atom is 0.151 e. The average molecular weight is 269 g/mol. The summed E-state index contributed by atoms with van der Waals surface area (Å²) in [6, 6.07) is 0.915. The van der Waals surface area contributed by atoms with E-state index in [1.807, 2.05) is 0 Å². The van der Waals surface area contributed by atoms with Crippen LogP contribution in [0.5, 0.6) is 0 Å². The maximum atomic E-state index is 11.8. The number of fused-ring (bicyclic) bond motifs is 5. The first kappa shape index (κ1) is 11.7. The molecule has 2 bridgehead atoms. The van der Waals surface area contributed by atoms with Crippen molar-refractivity contribution in [2.75, 3.05) is 6.26 Å². The third-order valence-corrected chi connectivity index (χ3v) is 7.81. The number of sulfone groups is 1. The van der Waals surface area contributed by atoms with Crippen molar-refractivity contribution >= 4 is 9.84 Å². The van der Waals surface area contributed by atoms with Gasteiger partial charge in [-0.2, -0.15) is 0 Å². The van der Waals surface area contributed by atoms with Crippen LogP contribution >= 0.6 is 0 Å². The first-order chi connectivity index (χ1) is 8.55. The van der Waals surface area contributed by atoms with Crippen molar-refractivity contribution in [1.29, 1.82) is 0 Å². The monoisotopic (exact) mass is 269 g/mol. The molecule has 6 unspecified atom stereocenters. The summed E-state index contributed by atoms with van der Waals surface area (Å²) in [6.45, 7) is 0. The highest BCUT2D eigenvalue weighted by molar-refractivity contribution is 7.91. The molecule has 0 radical (unpaired) electrons. The van der Waals surface area contributed by atoms with Crippen molar-refractivity contribution < 1.29 is 8.42 Å². The van der Waals surface area contributed by atoms with Gasteiger partial charge in [-0.25, -0.2) is 8.42 Å². The molecular formula is C14H23NO2S. The van der Waals surface area contributed by atoms with E-state index in [4.69, 9.17) is 0 Å². The van der Waals surface area contributed by atoms with Crippen LogP contribution in [-0.2, 0) is 9.84 Å². The first-order valence-electron chi connectivity index (χ1n) is 7.50. The van der Waals surface area contributed by atoms with Gasteiger partial charge in [-0.1, -0.05) is 6.42 Å². The van der Waals surface area contributed by atoms with Crippen LogP contribution < -0.4 is 5.32 Å². The van der Waals surface area contributed by atoms with Gasteiger partial charge < -0.3 is 5.32 Å². The standard InChI is InChI=1S/C14H23NO2S/c1-18(16,17)11-4-2-3-10(11)15-14-12-8-5-6-9(7-8)13(12)14/h8-15H,2-7H2,1H3. The molecule has 0 aromatic carbocycles. The Bertz CT molecular complexity index is 444. The van der Waals surface area contributed by atoms with Crippen molar-refractivity contribution in [3.8, 4) is 0 Å². The molecule has 0 amide bonds. The Kier molecular flexibility index (Phi) is 2.42. The Morgan fingerprint density at radius 3 is 2.28 bits per heavy atom. The molecule has 3 nitrogen and oxygen atoms in total. The van der Waals surface area contributed by atoms with Gasteiger partial charge in [0.2, 0.25) is 0 Å². The van der Waals surface area contributed by atoms with Crippen LogP contribution in [-0.4, -0.2) is 32.0 Å². The van der Waals surface area contributed by atoms with E-state index in [-0.39, 0.29) is 11.3 Å². The van der Waals surface area contributed by atoms with Crippen molar-refractivity contribution in [2.45, 2.75) is 55.9 Å². The van der Waals surface area contributed by atoms with Crippen molar-refractivity contribution in [3.05, 3.63) is 0 Å². The zero-order valence-corrected chi connectivity index (χ0v) is 11.8. The van der Waals surface area contributed by atoms with Crippen molar-refractivity contribution in [3.63, 3.8) is 0 Å². The lowest BCUT2D eigenvalue weighted by Crippen LogP contribution is -2.42. The molecule has 1 N–H and O–H groups in total. The summed E-state index contributed by atoms with van der Waals surface area (Å²) in [4.78, 5) is 0. The minimum Gasteiger partial charge on any atom is -0.309 e. The van der Waals surface area contributed by atoms with Crippen LogP contribution in [0.15, 0.2) is 0 Å². The van der Waals surface area contributed by atoms with Gasteiger partial charge in [0.25, 0.3) is 0 Å². The molecule has 4 rings (SSSR count). The van der Waals surface area contributed by atoms with Gasteiger partial charge in [0.1, 0.15) is 0 Å².